The van der Waals surface area contributed by atoms with E-state index in [1.807, 2.05) is 36.7 Å². The molecule has 4 heteroatoms. The Labute approximate surface area is 111 Å². The van der Waals surface area contributed by atoms with Gasteiger partial charge in [0.25, 0.3) is 0 Å². The zero-order valence-electron chi connectivity index (χ0n) is 11.1. The lowest BCUT2D eigenvalue weighted by Crippen LogP contribution is -2.07. The van der Waals surface area contributed by atoms with E-state index in [9.17, 15) is 0 Å². The number of hydrogen-bond donors (Lipinski definition) is 1. The smallest absolute Gasteiger partial charge is 0.124 e. The van der Waals surface area contributed by atoms with E-state index in [4.69, 9.17) is 5.73 Å². The first-order chi connectivity index (χ1) is 9.15. The number of aryl methyl sites for hydroxylation is 2. The topological polar surface area (TPSA) is 56.7 Å². The van der Waals surface area contributed by atoms with Gasteiger partial charge in [0.1, 0.15) is 5.82 Å². The molecular weight excluding hydrogens is 236 g/mol. The second-order valence-electron chi connectivity index (χ2n) is 4.81. The molecule has 96 valence electrons. The molecular formula is C15H16N4. The number of para-hydroxylation sites is 1. The summed E-state index contributed by atoms with van der Waals surface area (Å²) < 4.78 is 1.83. The lowest BCUT2D eigenvalue weighted by Gasteiger charge is -2.09. The van der Waals surface area contributed by atoms with E-state index in [-0.39, 0.29) is 0 Å². The molecule has 0 saturated carbocycles. The van der Waals surface area contributed by atoms with Gasteiger partial charge in [0, 0.05) is 16.6 Å². The zero-order valence-corrected chi connectivity index (χ0v) is 11.1. The number of nitrogens with zero attached hydrogens (tertiary/aromatic N) is 3. The Kier molecular flexibility index (Phi) is 2.71. The summed E-state index contributed by atoms with van der Waals surface area (Å²) in [6, 6.07) is 10.2. The average Bonchev–Trinajstić information content (AvgIpc) is 2.70. The fraction of sp³-hybridized carbons (Fsp3) is 0.200. The Hall–Kier alpha value is -2.36. The quantitative estimate of drug-likeness (QED) is 0.763. The van der Waals surface area contributed by atoms with E-state index >= 15 is 0 Å². The SMILES string of the molecule is Cc1cc(Cn2ncc(C)c2N)c2ccccc2n1. The van der Waals surface area contributed by atoms with Crippen molar-refractivity contribution in [1.82, 2.24) is 14.8 Å². The second-order valence-corrected chi connectivity index (χ2v) is 4.81. The molecule has 0 aliphatic rings. The van der Waals surface area contributed by atoms with Crippen molar-refractivity contribution in [3.05, 3.63) is 53.3 Å². The Morgan fingerprint density at radius 2 is 2.00 bits per heavy atom. The van der Waals surface area contributed by atoms with Gasteiger partial charge < -0.3 is 5.73 Å². The second kappa shape index (κ2) is 4.39. The highest BCUT2D eigenvalue weighted by atomic mass is 15.3. The fourth-order valence-corrected chi connectivity index (χ4v) is 2.30. The summed E-state index contributed by atoms with van der Waals surface area (Å²) in [4.78, 5) is 4.54. The van der Waals surface area contributed by atoms with E-state index in [1.54, 1.807) is 6.20 Å². The standard InChI is InChI=1S/C15H16N4/c1-10-8-17-19(15(10)16)9-12-7-11(2)18-14-6-4-3-5-13(12)14/h3-8H,9,16H2,1-2H3. The fourth-order valence-electron chi connectivity index (χ4n) is 2.30. The van der Waals surface area contributed by atoms with Gasteiger partial charge in [-0.15, -0.1) is 0 Å². The first-order valence-electron chi connectivity index (χ1n) is 6.28. The first-order valence-corrected chi connectivity index (χ1v) is 6.28. The van der Waals surface area contributed by atoms with Gasteiger partial charge in [0.2, 0.25) is 0 Å². The summed E-state index contributed by atoms with van der Waals surface area (Å²) in [5, 5.41) is 5.47. The predicted molar refractivity (Wildman–Crippen MR) is 77.0 cm³/mol. The third kappa shape index (κ3) is 2.05. The van der Waals surface area contributed by atoms with Gasteiger partial charge in [0.05, 0.1) is 18.3 Å². The van der Waals surface area contributed by atoms with Gasteiger partial charge in [-0.3, -0.25) is 4.98 Å². The molecule has 0 radical (unpaired) electrons. The molecule has 1 aromatic carbocycles. The molecule has 0 saturated heterocycles. The highest BCUT2D eigenvalue weighted by molar-refractivity contribution is 5.82. The summed E-state index contributed by atoms with van der Waals surface area (Å²) >= 11 is 0. The molecule has 0 bridgehead atoms. The average molecular weight is 252 g/mol. The van der Waals surface area contributed by atoms with Crippen LogP contribution in [0.25, 0.3) is 10.9 Å². The van der Waals surface area contributed by atoms with Gasteiger partial charge in [-0.1, -0.05) is 18.2 Å². The van der Waals surface area contributed by atoms with Crippen LogP contribution in [0.5, 0.6) is 0 Å². The molecule has 19 heavy (non-hydrogen) atoms. The van der Waals surface area contributed by atoms with Crippen LogP contribution in [0.4, 0.5) is 5.82 Å². The number of nitrogens with two attached hydrogens (primary N) is 1. The molecule has 3 aromatic rings. The Morgan fingerprint density at radius 1 is 1.21 bits per heavy atom. The molecule has 0 aliphatic carbocycles. The number of pyridine rings is 1. The molecule has 4 nitrogen and oxygen atoms in total. The maximum Gasteiger partial charge on any atom is 0.124 e. The van der Waals surface area contributed by atoms with Crippen LogP contribution in [0.1, 0.15) is 16.8 Å². The molecule has 0 amide bonds. The summed E-state index contributed by atoms with van der Waals surface area (Å²) in [5.74, 6) is 0.721. The lowest BCUT2D eigenvalue weighted by atomic mass is 10.1. The number of aromatic nitrogens is 3. The van der Waals surface area contributed by atoms with E-state index < -0.39 is 0 Å². The van der Waals surface area contributed by atoms with Crippen molar-refractivity contribution in [2.45, 2.75) is 20.4 Å². The number of hydrogen-bond acceptors (Lipinski definition) is 3. The van der Waals surface area contributed by atoms with Gasteiger partial charge in [-0.05, 0) is 31.5 Å². The van der Waals surface area contributed by atoms with Crippen LogP contribution in [0.15, 0.2) is 36.5 Å². The minimum atomic E-state index is 0.670. The van der Waals surface area contributed by atoms with Crippen LogP contribution in [-0.2, 0) is 6.54 Å². The summed E-state index contributed by atoms with van der Waals surface area (Å²) in [6.07, 6.45) is 1.80. The summed E-state index contributed by atoms with van der Waals surface area (Å²) in [5.41, 5.74) is 10.2. The van der Waals surface area contributed by atoms with Gasteiger partial charge in [0.15, 0.2) is 0 Å². The number of fused-ring (bicyclic) bond motifs is 1. The molecule has 0 atom stereocenters. The van der Waals surface area contributed by atoms with Crippen molar-refractivity contribution in [1.29, 1.82) is 0 Å². The summed E-state index contributed by atoms with van der Waals surface area (Å²) in [6.45, 7) is 4.64. The van der Waals surface area contributed by atoms with Crippen LogP contribution < -0.4 is 5.73 Å². The third-order valence-corrected chi connectivity index (χ3v) is 3.32. The van der Waals surface area contributed by atoms with Crippen molar-refractivity contribution < 1.29 is 0 Å². The van der Waals surface area contributed by atoms with Crippen LogP contribution in [0, 0.1) is 13.8 Å². The molecule has 0 unspecified atom stereocenters. The van der Waals surface area contributed by atoms with Gasteiger partial charge in [-0.2, -0.15) is 5.10 Å². The van der Waals surface area contributed by atoms with E-state index in [0.717, 1.165) is 28.0 Å². The first kappa shape index (κ1) is 11.7. The Balaban J connectivity index is 2.12. The maximum absolute atomic E-state index is 6.02. The van der Waals surface area contributed by atoms with Crippen LogP contribution in [-0.4, -0.2) is 14.8 Å². The predicted octanol–water partition coefficient (Wildman–Crippen LogP) is 2.68. The minimum absolute atomic E-state index is 0.670. The van der Waals surface area contributed by atoms with E-state index in [0.29, 0.717) is 6.54 Å². The molecule has 3 rings (SSSR count). The lowest BCUT2D eigenvalue weighted by molar-refractivity contribution is 0.699. The van der Waals surface area contributed by atoms with Crippen LogP contribution in [0.3, 0.4) is 0 Å². The normalized spacial score (nSPS) is 11.1. The van der Waals surface area contributed by atoms with Crippen LogP contribution in [0.2, 0.25) is 0 Å². The number of anilines is 1. The van der Waals surface area contributed by atoms with Gasteiger partial charge >= 0.3 is 0 Å². The monoisotopic (exact) mass is 252 g/mol. The minimum Gasteiger partial charge on any atom is -0.384 e. The Morgan fingerprint density at radius 3 is 2.74 bits per heavy atom. The molecule has 0 fully saturated rings. The van der Waals surface area contributed by atoms with Crippen LogP contribution >= 0.6 is 0 Å². The van der Waals surface area contributed by atoms with Gasteiger partial charge in [-0.25, -0.2) is 4.68 Å². The largest absolute Gasteiger partial charge is 0.384 e. The highest BCUT2D eigenvalue weighted by Gasteiger charge is 2.08. The summed E-state index contributed by atoms with van der Waals surface area (Å²) in [7, 11) is 0. The van der Waals surface area contributed by atoms with Crippen molar-refractivity contribution in [2.24, 2.45) is 0 Å². The molecule has 2 heterocycles. The highest BCUT2D eigenvalue weighted by Crippen LogP contribution is 2.20. The van der Waals surface area contributed by atoms with Crippen molar-refractivity contribution in [3.8, 4) is 0 Å². The number of rotatable bonds is 2. The van der Waals surface area contributed by atoms with Crippen molar-refractivity contribution in [2.75, 3.05) is 5.73 Å². The van der Waals surface area contributed by atoms with E-state index in [2.05, 4.69) is 22.2 Å². The number of benzene rings is 1. The zero-order chi connectivity index (χ0) is 13.4. The molecule has 0 spiro atoms. The molecule has 2 N–H and O–H groups in total. The van der Waals surface area contributed by atoms with Crippen molar-refractivity contribution >= 4 is 16.7 Å². The molecule has 2 aromatic heterocycles. The number of nitrogen functional groups attached to an aromatic ring is 1. The molecule has 0 aliphatic heterocycles. The Bertz CT molecular complexity index is 743. The van der Waals surface area contributed by atoms with Crippen molar-refractivity contribution in [3.63, 3.8) is 0 Å². The van der Waals surface area contributed by atoms with E-state index in [1.165, 1.54) is 5.56 Å². The maximum atomic E-state index is 6.02. The third-order valence-electron chi connectivity index (χ3n) is 3.32.